The van der Waals surface area contributed by atoms with Crippen molar-refractivity contribution >= 4 is 56.0 Å². The lowest BCUT2D eigenvalue weighted by molar-refractivity contribution is -0.132. The fourth-order valence-electron chi connectivity index (χ4n) is 0.414. The summed E-state index contributed by atoms with van der Waals surface area (Å²) in [5.41, 5.74) is 5.41. The molecule has 0 amide bonds. The van der Waals surface area contributed by atoms with Crippen molar-refractivity contribution in [3.63, 3.8) is 0 Å². The Morgan fingerprint density at radius 1 is 1.83 bits per heavy atom. The van der Waals surface area contributed by atoms with Crippen LogP contribution in [0.5, 0.6) is 0 Å². The Balaban J connectivity index is 4.68. The summed E-state index contributed by atoms with van der Waals surface area (Å²) in [6.07, 6.45) is 1.52. The van der Waals surface area contributed by atoms with Gasteiger partial charge in [-0.25, -0.2) is 9.56 Å². The topological polar surface area (TPSA) is 64.7 Å². The first-order chi connectivity index (χ1) is 5.67. The average molecular weight is 365 g/mol. The van der Waals surface area contributed by atoms with E-state index in [1.54, 1.807) is 0 Å². The number of esters is 1. The van der Waals surface area contributed by atoms with Gasteiger partial charge in [0.2, 0.25) is 0 Å². The Morgan fingerprint density at radius 2 is 2.42 bits per heavy atom. The molecule has 0 radical (unpaired) electrons. The van der Waals surface area contributed by atoms with Crippen LogP contribution >= 0.6 is 44.3 Å². The first-order valence-corrected chi connectivity index (χ1v) is 7.62. The third-order valence-corrected chi connectivity index (χ3v) is 2.58. The average Bonchev–Trinajstić information content (AvgIpc) is 2.11. The molecule has 0 aliphatic carbocycles. The summed E-state index contributed by atoms with van der Waals surface area (Å²) in [6.45, 7) is 0. The fourth-order valence-corrected chi connectivity index (χ4v) is 1.85. The lowest BCUT2D eigenvalue weighted by Gasteiger charge is -2.00. The van der Waals surface area contributed by atoms with E-state index >= 15 is 0 Å². The van der Waals surface area contributed by atoms with Gasteiger partial charge in [0.25, 0.3) is 0 Å². The van der Waals surface area contributed by atoms with Crippen LogP contribution in [0.1, 0.15) is 0 Å². The van der Waals surface area contributed by atoms with Crippen molar-refractivity contribution in [3.8, 4) is 0 Å². The number of carbonyl (C=O) groups excluding carboxylic acids is 1. The lowest BCUT2D eigenvalue weighted by Crippen LogP contribution is -2.15. The zero-order valence-corrected chi connectivity index (χ0v) is 10.9. The normalized spacial score (nSPS) is 13.9. The van der Waals surface area contributed by atoms with Gasteiger partial charge in [0.15, 0.2) is 5.71 Å². The summed E-state index contributed by atoms with van der Waals surface area (Å²) in [5, 5.41) is 0. The Hall–Kier alpha value is 0.320. The van der Waals surface area contributed by atoms with Crippen LogP contribution in [0, 0.1) is 0 Å². The number of carbonyl (C=O) groups is 1. The smallest absolute Gasteiger partial charge is 0.357 e. The van der Waals surface area contributed by atoms with Crippen LogP contribution in [-0.4, -0.2) is 18.8 Å². The second-order valence-electron chi connectivity index (χ2n) is 1.55. The first-order valence-electron chi connectivity index (χ1n) is 2.76. The predicted molar refractivity (Wildman–Crippen MR) is 63.0 cm³/mol. The van der Waals surface area contributed by atoms with E-state index in [2.05, 4.69) is 25.4 Å². The molecule has 0 saturated carbocycles. The Bertz CT molecular complexity index is 231. The standard InChI is InChI=1S/C5H7BrIN2O2P/c1-11-5(10)4(9-12-7)3(6)2-8/h2,12H,8H2,1H3/b3-2+,9-4-. The molecule has 2 N–H and O–H groups in total. The van der Waals surface area contributed by atoms with Crippen molar-refractivity contribution in [2.75, 3.05) is 7.11 Å². The Kier molecular flexibility index (Phi) is 6.98. The number of rotatable bonds is 3. The second-order valence-corrected chi connectivity index (χ2v) is 4.25. The fraction of sp³-hybridized carbons (Fsp3) is 0.200. The highest BCUT2D eigenvalue weighted by molar-refractivity contribution is 14.2. The molecule has 1 atom stereocenters. The van der Waals surface area contributed by atoms with E-state index in [-0.39, 0.29) is 12.1 Å². The SMILES string of the molecule is COC(=O)C(=N\PI)/C(Br)=C\N. The van der Waals surface area contributed by atoms with Gasteiger partial charge in [0.05, 0.1) is 18.0 Å². The number of methoxy groups -OCH3 is 1. The van der Waals surface area contributed by atoms with E-state index in [1.807, 2.05) is 22.0 Å². The maximum atomic E-state index is 11.0. The lowest BCUT2D eigenvalue weighted by atomic mass is 10.4. The molecule has 0 aromatic carbocycles. The van der Waals surface area contributed by atoms with Gasteiger partial charge in [-0.05, 0) is 38.0 Å². The molecule has 0 aliphatic heterocycles. The van der Waals surface area contributed by atoms with Gasteiger partial charge in [-0.3, -0.25) is 0 Å². The van der Waals surface area contributed by atoms with Crippen LogP contribution in [-0.2, 0) is 9.53 Å². The maximum Gasteiger partial charge on any atom is 0.357 e. The van der Waals surface area contributed by atoms with E-state index in [1.165, 1.54) is 13.3 Å². The van der Waals surface area contributed by atoms with E-state index in [9.17, 15) is 4.79 Å². The van der Waals surface area contributed by atoms with Gasteiger partial charge in [-0.15, -0.1) is 0 Å². The van der Waals surface area contributed by atoms with Crippen LogP contribution < -0.4 is 5.73 Å². The molecule has 0 aromatic heterocycles. The van der Waals surface area contributed by atoms with Gasteiger partial charge < -0.3 is 10.5 Å². The summed E-state index contributed by atoms with van der Waals surface area (Å²) in [5.74, 6) is -0.493. The van der Waals surface area contributed by atoms with Crippen molar-refractivity contribution in [2.45, 2.75) is 0 Å². The molecule has 68 valence electrons. The number of nitrogens with zero attached hydrogens (tertiary/aromatic N) is 1. The molecule has 0 aromatic rings. The quantitative estimate of drug-likeness (QED) is 0.359. The van der Waals surface area contributed by atoms with Crippen LogP contribution in [0.25, 0.3) is 0 Å². The summed E-state index contributed by atoms with van der Waals surface area (Å²) in [7, 11) is 1.30. The number of hydrogen-bond acceptors (Lipinski definition) is 4. The first kappa shape index (κ1) is 12.3. The summed E-state index contributed by atoms with van der Waals surface area (Å²) in [4.78, 5) is 11.0. The molecule has 7 heteroatoms. The number of halogens is 2. The molecule has 1 unspecified atom stereocenters. The summed E-state index contributed by atoms with van der Waals surface area (Å²) in [6, 6.07) is 0. The highest BCUT2D eigenvalue weighted by Crippen LogP contribution is 2.24. The maximum absolute atomic E-state index is 11.0. The van der Waals surface area contributed by atoms with Crippen LogP contribution in [0.2, 0.25) is 0 Å². The van der Waals surface area contributed by atoms with Crippen molar-refractivity contribution in [1.29, 1.82) is 0 Å². The molecule has 4 nitrogen and oxygen atoms in total. The van der Waals surface area contributed by atoms with E-state index < -0.39 is 5.97 Å². The van der Waals surface area contributed by atoms with E-state index in [0.29, 0.717) is 4.48 Å². The molecular weight excluding hydrogens is 358 g/mol. The van der Waals surface area contributed by atoms with Crippen molar-refractivity contribution < 1.29 is 9.53 Å². The van der Waals surface area contributed by atoms with Gasteiger partial charge in [0.1, 0.15) is 0 Å². The van der Waals surface area contributed by atoms with Crippen LogP contribution in [0.4, 0.5) is 0 Å². The molecule has 0 fully saturated rings. The van der Waals surface area contributed by atoms with E-state index in [4.69, 9.17) is 5.73 Å². The predicted octanol–water partition coefficient (Wildman–Crippen LogP) is 1.74. The van der Waals surface area contributed by atoms with Gasteiger partial charge in [-0.2, -0.15) is 0 Å². The monoisotopic (exact) mass is 364 g/mol. The van der Waals surface area contributed by atoms with Crippen LogP contribution in [0.15, 0.2) is 15.4 Å². The molecule has 0 rings (SSSR count). The van der Waals surface area contributed by atoms with Gasteiger partial charge in [-0.1, -0.05) is 0 Å². The van der Waals surface area contributed by atoms with Crippen LogP contribution in [0.3, 0.4) is 0 Å². The summed E-state index contributed by atoms with van der Waals surface area (Å²) >= 11 is 5.14. The minimum Gasteiger partial charge on any atom is -0.464 e. The molecule has 12 heavy (non-hydrogen) atoms. The highest BCUT2D eigenvalue weighted by Gasteiger charge is 2.13. The number of nitrogens with two attached hydrogens (primary N) is 1. The number of hydrogen-bond donors (Lipinski definition) is 1. The molecule has 0 aliphatic rings. The Labute approximate surface area is 93.5 Å². The van der Waals surface area contributed by atoms with Gasteiger partial charge >= 0.3 is 5.97 Å². The second kappa shape index (κ2) is 6.80. The van der Waals surface area contributed by atoms with Gasteiger partial charge in [0, 0.05) is 6.20 Å². The molecular formula is C5H7BrIN2O2P. The minimum atomic E-state index is -0.493. The zero-order chi connectivity index (χ0) is 9.56. The minimum absolute atomic E-state index is 0.215. The number of ether oxygens (including phenoxy) is 1. The van der Waals surface area contributed by atoms with Crippen molar-refractivity contribution in [2.24, 2.45) is 10.5 Å². The van der Waals surface area contributed by atoms with E-state index in [0.717, 1.165) is 0 Å². The molecule has 0 heterocycles. The third-order valence-electron chi connectivity index (χ3n) is 0.905. The largest absolute Gasteiger partial charge is 0.464 e. The summed E-state index contributed by atoms with van der Waals surface area (Å²) < 4.78 is 8.86. The molecule has 0 bridgehead atoms. The molecule has 0 saturated heterocycles. The highest BCUT2D eigenvalue weighted by atomic mass is 127. The molecule has 0 spiro atoms. The van der Waals surface area contributed by atoms with Crippen molar-refractivity contribution in [1.82, 2.24) is 0 Å². The zero-order valence-electron chi connectivity index (χ0n) is 6.17. The third kappa shape index (κ3) is 3.82. The Morgan fingerprint density at radius 3 is 2.75 bits per heavy atom. The van der Waals surface area contributed by atoms with Crippen molar-refractivity contribution in [3.05, 3.63) is 10.7 Å².